The number of carbonyl (C=O) groups is 1. The molecule has 0 bridgehead atoms. The van der Waals surface area contributed by atoms with Crippen molar-refractivity contribution < 1.29 is 14.3 Å². The molecule has 0 N–H and O–H groups in total. The molecule has 8 heteroatoms. The molecule has 17 heavy (non-hydrogen) atoms. The fourth-order valence-corrected chi connectivity index (χ4v) is 1.30. The van der Waals surface area contributed by atoms with Gasteiger partial charge in [0.15, 0.2) is 5.75 Å². The van der Waals surface area contributed by atoms with E-state index < -0.39 is 16.6 Å². The SMILES string of the molecule is O=C(OCC(Cl)(Cl)Cl)Oc1cc(Cl)ccc1Cl. The smallest absolute Gasteiger partial charge is 0.429 e. The van der Waals surface area contributed by atoms with Crippen LogP contribution in [0.3, 0.4) is 0 Å². The number of alkyl halides is 3. The van der Waals surface area contributed by atoms with E-state index in [1.165, 1.54) is 12.1 Å². The Bertz CT molecular complexity index is 416. The Morgan fingerprint density at radius 1 is 1.24 bits per heavy atom. The van der Waals surface area contributed by atoms with Crippen LogP contribution in [0.1, 0.15) is 0 Å². The number of benzene rings is 1. The maximum atomic E-state index is 11.2. The summed E-state index contributed by atoms with van der Waals surface area (Å²) in [6, 6.07) is 4.38. The Morgan fingerprint density at radius 3 is 2.47 bits per heavy atom. The lowest BCUT2D eigenvalue weighted by atomic mass is 10.3. The van der Waals surface area contributed by atoms with E-state index >= 15 is 0 Å². The summed E-state index contributed by atoms with van der Waals surface area (Å²) in [6.07, 6.45) is -1.04. The van der Waals surface area contributed by atoms with Crippen LogP contribution in [-0.2, 0) is 4.74 Å². The first-order valence-corrected chi connectivity index (χ1v) is 6.03. The molecule has 0 fully saturated rings. The van der Waals surface area contributed by atoms with Crippen molar-refractivity contribution in [2.75, 3.05) is 6.61 Å². The van der Waals surface area contributed by atoms with Crippen molar-refractivity contribution >= 4 is 64.2 Å². The van der Waals surface area contributed by atoms with Crippen LogP contribution < -0.4 is 4.74 Å². The molecule has 0 atom stereocenters. The highest BCUT2D eigenvalue weighted by Gasteiger charge is 2.23. The van der Waals surface area contributed by atoms with E-state index in [2.05, 4.69) is 4.74 Å². The molecule has 0 heterocycles. The van der Waals surface area contributed by atoms with Gasteiger partial charge in [-0.1, -0.05) is 58.0 Å². The van der Waals surface area contributed by atoms with E-state index in [0.717, 1.165) is 0 Å². The van der Waals surface area contributed by atoms with Gasteiger partial charge in [0.1, 0.15) is 6.61 Å². The van der Waals surface area contributed by atoms with Crippen molar-refractivity contribution in [3.8, 4) is 5.75 Å². The van der Waals surface area contributed by atoms with Crippen molar-refractivity contribution in [3.63, 3.8) is 0 Å². The van der Waals surface area contributed by atoms with Crippen LogP contribution in [0.15, 0.2) is 18.2 Å². The van der Waals surface area contributed by atoms with Gasteiger partial charge < -0.3 is 9.47 Å². The number of carbonyl (C=O) groups excluding carboxylic acids is 1. The van der Waals surface area contributed by atoms with E-state index in [-0.39, 0.29) is 10.8 Å². The van der Waals surface area contributed by atoms with Crippen LogP contribution in [0.4, 0.5) is 4.79 Å². The van der Waals surface area contributed by atoms with Gasteiger partial charge >= 0.3 is 6.16 Å². The monoisotopic (exact) mass is 336 g/mol. The van der Waals surface area contributed by atoms with Gasteiger partial charge in [0.25, 0.3) is 0 Å². The Balaban J connectivity index is 2.59. The fraction of sp³-hybridized carbons (Fsp3) is 0.222. The lowest BCUT2D eigenvalue weighted by Crippen LogP contribution is -2.19. The largest absolute Gasteiger partial charge is 0.514 e. The zero-order valence-corrected chi connectivity index (χ0v) is 11.8. The first-order chi connectivity index (χ1) is 7.78. The minimum atomic E-state index is -1.70. The normalized spacial score (nSPS) is 11.1. The third-order valence-electron chi connectivity index (χ3n) is 1.44. The number of halogens is 5. The van der Waals surface area contributed by atoms with E-state index in [0.29, 0.717) is 5.02 Å². The van der Waals surface area contributed by atoms with Crippen LogP contribution in [0.5, 0.6) is 5.75 Å². The van der Waals surface area contributed by atoms with Crippen LogP contribution in [0, 0.1) is 0 Å². The summed E-state index contributed by atoms with van der Waals surface area (Å²) in [7, 11) is 0. The summed E-state index contributed by atoms with van der Waals surface area (Å²) < 4.78 is 7.62. The molecule has 1 aromatic rings. The fourth-order valence-electron chi connectivity index (χ4n) is 0.815. The summed E-state index contributed by atoms with van der Waals surface area (Å²) >= 11 is 27.6. The maximum absolute atomic E-state index is 11.2. The third-order valence-corrected chi connectivity index (χ3v) is 2.31. The zero-order chi connectivity index (χ0) is 13.1. The standard InChI is InChI=1S/C9H5Cl5O3/c10-5-1-2-6(11)7(3-5)17-8(15)16-4-9(12,13)14/h1-3H,4H2. The second-order valence-corrected chi connectivity index (χ2v) is 6.19. The van der Waals surface area contributed by atoms with Gasteiger partial charge in [-0.3, -0.25) is 0 Å². The molecule has 94 valence electrons. The molecule has 0 aliphatic heterocycles. The molecule has 0 aliphatic carbocycles. The van der Waals surface area contributed by atoms with Crippen molar-refractivity contribution in [3.05, 3.63) is 28.2 Å². The molecule has 0 amide bonds. The predicted octanol–water partition coefficient (Wildman–Crippen LogP) is 4.88. The zero-order valence-electron chi connectivity index (χ0n) is 8.05. The van der Waals surface area contributed by atoms with Crippen molar-refractivity contribution in [1.29, 1.82) is 0 Å². The third kappa shape index (κ3) is 5.89. The molecular weight excluding hydrogens is 333 g/mol. The number of hydrogen-bond donors (Lipinski definition) is 0. The molecule has 3 nitrogen and oxygen atoms in total. The number of rotatable bonds is 2. The molecule has 0 saturated carbocycles. The van der Waals surface area contributed by atoms with Crippen molar-refractivity contribution in [1.82, 2.24) is 0 Å². The van der Waals surface area contributed by atoms with E-state index in [1.54, 1.807) is 6.07 Å². The molecule has 0 radical (unpaired) electrons. The molecule has 0 unspecified atom stereocenters. The predicted molar refractivity (Wildman–Crippen MR) is 68.7 cm³/mol. The summed E-state index contributed by atoms with van der Waals surface area (Å²) in [5, 5.41) is 0.568. The molecule has 0 saturated heterocycles. The van der Waals surface area contributed by atoms with E-state index in [9.17, 15) is 4.79 Å². The van der Waals surface area contributed by atoms with E-state index in [1.807, 2.05) is 0 Å². The van der Waals surface area contributed by atoms with Gasteiger partial charge in [-0.05, 0) is 12.1 Å². The minimum Gasteiger partial charge on any atom is -0.429 e. The first-order valence-electron chi connectivity index (χ1n) is 4.14. The van der Waals surface area contributed by atoms with Gasteiger partial charge in [-0.25, -0.2) is 4.79 Å². The molecule has 0 aromatic heterocycles. The molecular formula is C9H5Cl5O3. The molecule has 1 rings (SSSR count). The summed E-state index contributed by atoms with van der Waals surface area (Å²) in [6.45, 7) is -0.436. The average molecular weight is 338 g/mol. The number of hydrogen-bond acceptors (Lipinski definition) is 3. The van der Waals surface area contributed by atoms with Crippen LogP contribution in [0.25, 0.3) is 0 Å². The Hall–Kier alpha value is -0.0600. The molecule has 1 aromatic carbocycles. The highest BCUT2D eigenvalue weighted by atomic mass is 35.6. The lowest BCUT2D eigenvalue weighted by Gasteiger charge is -2.11. The topological polar surface area (TPSA) is 35.5 Å². The van der Waals surface area contributed by atoms with Crippen molar-refractivity contribution in [2.45, 2.75) is 3.79 Å². The van der Waals surface area contributed by atoms with Crippen LogP contribution >= 0.6 is 58.0 Å². The molecule has 0 aliphatic rings. The average Bonchev–Trinajstić information content (AvgIpc) is 2.20. The quantitative estimate of drug-likeness (QED) is 0.438. The highest BCUT2D eigenvalue weighted by molar-refractivity contribution is 6.67. The second-order valence-electron chi connectivity index (χ2n) is 2.83. The van der Waals surface area contributed by atoms with Crippen LogP contribution in [0.2, 0.25) is 10.0 Å². The van der Waals surface area contributed by atoms with Gasteiger partial charge in [-0.2, -0.15) is 0 Å². The summed E-state index contributed by atoms with van der Waals surface area (Å²) in [5.74, 6) is 0.0634. The van der Waals surface area contributed by atoms with Gasteiger partial charge in [0.2, 0.25) is 3.79 Å². The summed E-state index contributed by atoms with van der Waals surface area (Å²) in [5.41, 5.74) is 0. The highest BCUT2D eigenvalue weighted by Crippen LogP contribution is 2.29. The number of ether oxygens (including phenoxy) is 2. The Labute approximate surface area is 122 Å². The van der Waals surface area contributed by atoms with Gasteiger partial charge in [-0.15, -0.1) is 0 Å². The maximum Gasteiger partial charge on any atom is 0.514 e. The van der Waals surface area contributed by atoms with E-state index in [4.69, 9.17) is 62.7 Å². The minimum absolute atomic E-state index is 0.0634. The first kappa shape index (κ1) is 15.0. The van der Waals surface area contributed by atoms with Gasteiger partial charge in [0, 0.05) is 11.1 Å². The summed E-state index contributed by atoms with van der Waals surface area (Å²) in [4.78, 5) is 11.2. The van der Waals surface area contributed by atoms with Crippen LogP contribution in [-0.4, -0.2) is 16.6 Å². The Morgan fingerprint density at radius 2 is 1.88 bits per heavy atom. The van der Waals surface area contributed by atoms with Gasteiger partial charge in [0.05, 0.1) is 5.02 Å². The molecule has 0 spiro atoms. The Kier molecular flexibility index (Phi) is 5.48. The lowest BCUT2D eigenvalue weighted by molar-refractivity contribution is 0.101. The second kappa shape index (κ2) is 6.21. The van der Waals surface area contributed by atoms with Crippen molar-refractivity contribution in [2.24, 2.45) is 0 Å².